The van der Waals surface area contributed by atoms with E-state index in [0.717, 1.165) is 18.4 Å². The second-order valence-corrected chi connectivity index (χ2v) is 6.78. The topological polar surface area (TPSA) is 81.4 Å². The Morgan fingerprint density at radius 2 is 2.05 bits per heavy atom. The zero-order valence-electron chi connectivity index (χ0n) is 11.0. The van der Waals surface area contributed by atoms with Gasteiger partial charge >= 0.3 is 0 Å². The van der Waals surface area contributed by atoms with Crippen molar-refractivity contribution in [2.75, 3.05) is 12.3 Å². The van der Waals surface area contributed by atoms with Gasteiger partial charge in [0.15, 0.2) is 0 Å². The van der Waals surface area contributed by atoms with Crippen LogP contribution in [0.2, 0.25) is 0 Å². The van der Waals surface area contributed by atoms with Crippen LogP contribution in [0.1, 0.15) is 25.3 Å². The highest BCUT2D eigenvalue weighted by Gasteiger charge is 2.24. The van der Waals surface area contributed by atoms with E-state index in [9.17, 15) is 8.42 Å². The molecule has 1 aromatic rings. The number of anilines is 1. The zero-order chi connectivity index (χ0) is 13.9. The van der Waals surface area contributed by atoms with Gasteiger partial charge in [-0.3, -0.25) is 0 Å². The van der Waals surface area contributed by atoms with Gasteiger partial charge in [0.1, 0.15) is 0 Å². The van der Waals surface area contributed by atoms with Crippen molar-refractivity contribution in [1.82, 2.24) is 4.72 Å². The summed E-state index contributed by atoms with van der Waals surface area (Å²) in [5, 5.41) is 0. The van der Waals surface area contributed by atoms with E-state index in [1.54, 1.807) is 24.3 Å². The molecule has 0 radical (unpaired) electrons. The average Bonchev–Trinajstić information content (AvgIpc) is 2.31. The summed E-state index contributed by atoms with van der Waals surface area (Å²) >= 11 is 0. The van der Waals surface area contributed by atoms with Gasteiger partial charge in [-0.2, -0.15) is 0 Å². The van der Waals surface area contributed by atoms with Crippen LogP contribution in [0.5, 0.6) is 0 Å². The second-order valence-electron chi connectivity index (χ2n) is 5.02. The summed E-state index contributed by atoms with van der Waals surface area (Å²) in [6.07, 6.45) is 1.56. The first kappa shape index (κ1) is 14.3. The highest BCUT2D eigenvalue weighted by molar-refractivity contribution is 7.88. The van der Waals surface area contributed by atoms with Crippen molar-refractivity contribution < 1.29 is 13.2 Å². The Labute approximate surface area is 114 Å². The first-order valence-electron chi connectivity index (χ1n) is 6.40. The second kappa shape index (κ2) is 5.90. The van der Waals surface area contributed by atoms with Crippen molar-refractivity contribution in [1.29, 1.82) is 0 Å². The van der Waals surface area contributed by atoms with E-state index >= 15 is 0 Å². The Bertz CT molecular complexity index is 513. The van der Waals surface area contributed by atoms with E-state index in [1.807, 2.05) is 6.92 Å². The van der Waals surface area contributed by atoms with Crippen molar-refractivity contribution in [3.05, 3.63) is 29.8 Å². The van der Waals surface area contributed by atoms with Crippen LogP contribution in [-0.2, 0) is 20.5 Å². The molecular formula is C13H20N2O3S. The van der Waals surface area contributed by atoms with E-state index in [2.05, 4.69) is 4.72 Å². The summed E-state index contributed by atoms with van der Waals surface area (Å²) < 4.78 is 32.3. The molecule has 0 spiro atoms. The lowest BCUT2D eigenvalue weighted by atomic mass is 10.1. The number of ether oxygens (including phenoxy) is 1. The maximum Gasteiger partial charge on any atom is 0.216 e. The van der Waals surface area contributed by atoms with E-state index < -0.39 is 10.0 Å². The molecule has 1 aromatic carbocycles. The van der Waals surface area contributed by atoms with Crippen molar-refractivity contribution in [3.63, 3.8) is 0 Å². The van der Waals surface area contributed by atoms with Crippen LogP contribution < -0.4 is 10.5 Å². The molecule has 0 amide bonds. The van der Waals surface area contributed by atoms with Crippen LogP contribution in [0.15, 0.2) is 24.3 Å². The third-order valence-electron chi connectivity index (χ3n) is 3.17. The smallest absolute Gasteiger partial charge is 0.216 e. The van der Waals surface area contributed by atoms with Gasteiger partial charge in [-0.05, 0) is 37.5 Å². The Morgan fingerprint density at radius 1 is 1.37 bits per heavy atom. The lowest BCUT2D eigenvalue weighted by molar-refractivity contribution is 0.0173. The molecule has 3 N–H and O–H groups in total. The third-order valence-corrected chi connectivity index (χ3v) is 4.57. The molecule has 2 unspecified atom stereocenters. The number of nitrogens with two attached hydrogens (primary N) is 1. The van der Waals surface area contributed by atoms with Gasteiger partial charge in [-0.25, -0.2) is 13.1 Å². The standard InChI is InChI=1S/C13H20N2O3S/c1-10-8-13(6-7-18-10)15-19(16,17)9-11-2-4-12(14)5-3-11/h2-5,10,13,15H,6-9,14H2,1H3. The molecular weight excluding hydrogens is 264 g/mol. The predicted molar refractivity (Wildman–Crippen MR) is 75.0 cm³/mol. The summed E-state index contributed by atoms with van der Waals surface area (Å²) in [4.78, 5) is 0. The van der Waals surface area contributed by atoms with Gasteiger partial charge in [-0.15, -0.1) is 0 Å². The molecule has 1 aliphatic heterocycles. The minimum atomic E-state index is -3.32. The van der Waals surface area contributed by atoms with Crippen molar-refractivity contribution >= 4 is 15.7 Å². The number of sulfonamides is 1. The van der Waals surface area contributed by atoms with E-state index in [-0.39, 0.29) is 17.9 Å². The van der Waals surface area contributed by atoms with Crippen LogP contribution in [0.3, 0.4) is 0 Å². The predicted octanol–water partition coefficient (Wildman–Crippen LogP) is 1.26. The molecule has 2 atom stereocenters. The summed E-state index contributed by atoms with van der Waals surface area (Å²) in [5.74, 6) is -0.0149. The molecule has 1 saturated heterocycles. The molecule has 0 aromatic heterocycles. The molecule has 0 saturated carbocycles. The molecule has 106 valence electrons. The third kappa shape index (κ3) is 4.49. The molecule has 5 nitrogen and oxygen atoms in total. The fourth-order valence-corrected chi connectivity index (χ4v) is 3.67. The van der Waals surface area contributed by atoms with E-state index in [0.29, 0.717) is 12.3 Å². The van der Waals surface area contributed by atoms with Gasteiger partial charge < -0.3 is 10.5 Å². The number of rotatable bonds is 4. The van der Waals surface area contributed by atoms with E-state index in [1.165, 1.54) is 0 Å². The molecule has 0 bridgehead atoms. The molecule has 2 rings (SSSR count). The first-order valence-corrected chi connectivity index (χ1v) is 8.06. The molecule has 0 aliphatic carbocycles. The number of benzene rings is 1. The highest BCUT2D eigenvalue weighted by Crippen LogP contribution is 2.15. The first-order chi connectivity index (χ1) is 8.94. The summed E-state index contributed by atoms with van der Waals surface area (Å²) in [6, 6.07) is 6.87. The number of hydrogen-bond acceptors (Lipinski definition) is 4. The Kier molecular flexibility index (Phi) is 4.44. The molecule has 6 heteroatoms. The molecule has 1 heterocycles. The molecule has 1 fully saturated rings. The highest BCUT2D eigenvalue weighted by atomic mass is 32.2. The maximum atomic E-state index is 12.1. The van der Waals surface area contributed by atoms with Crippen molar-refractivity contribution in [3.8, 4) is 0 Å². The van der Waals surface area contributed by atoms with Crippen molar-refractivity contribution in [2.24, 2.45) is 0 Å². The fraction of sp³-hybridized carbons (Fsp3) is 0.538. The molecule has 19 heavy (non-hydrogen) atoms. The SMILES string of the molecule is CC1CC(NS(=O)(=O)Cc2ccc(N)cc2)CCO1. The van der Waals surface area contributed by atoms with Crippen LogP contribution >= 0.6 is 0 Å². The van der Waals surface area contributed by atoms with Gasteiger partial charge in [0.2, 0.25) is 10.0 Å². The largest absolute Gasteiger partial charge is 0.399 e. The quantitative estimate of drug-likeness (QED) is 0.815. The fourth-order valence-electron chi connectivity index (χ4n) is 2.23. The Morgan fingerprint density at radius 3 is 2.68 bits per heavy atom. The summed E-state index contributed by atoms with van der Waals surface area (Å²) in [7, 11) is -3.32. The van der Waals surface area contributed by atoms with Crippen molar-refractivity contribution in [2.45, 2.75) is 37.7 Å². The lowest BCUT2D eigenvalue weighted by Gasteiger charge is -2.27. The van der Waals surface area contributed by atoms with Gasteiger partial charge in [0.25, 0.3) is 0 Å². The van der Waals surface area contributed by atoms with Crippen LogP contribution in [0.25, 0.3) is 0 Å². The monoisotopic (exact) mass is 284 g/mol. The van der Waals surface area contributed by atoms with Crippen LogP contribution in [-0.4, -0.2) is 27.2 Å². The number of nitrogen functional groups attached to an aromatic ring is 1. The minimum Gasteiger partial charge on any atom is -0.399 e. The van der Waals surface area contributed by atoms with Crippen LogP contribution in [0.4, 0.5) is 5.69 Å². The lowest BCUT2D eigenvalue weighted by Crippen LogP contribution is -2.41. The van der Waals surface area contributed by atoms with Crippen LogP contribution in [0, 0.1) is 0 Å². The van der Waals surface area contributed by atoms with E-state index in [4.69, 9.17) is 10.5 Å². The van der Waals surface area contributed by atoms with Gasteiger partial charge in [0, 0.05) is 18.3 Å². The minimum absolute atomic E-state index is 0.0149. The van der Waals surface area contributed by atoms with Gasteiger partial charge in [-0.1, -0.05) is 12.1 Å². The zero-order valence-corrected chi connectivity index (χ0v) is 11.8. The number of hydrogen-bond donors (Lipinski definition) is 2. The van der Waals surface area contributed by atoms with Gasteiger partial charge in [0.05, 0.1) is 11.9 Å². The normalized spacial score (nSPS) is 24.3. The Hall–Kier alpha value is -1.11. The summed E-state index contributed by atoms with van der Waals surface area (Å²) in [6.45, 7) is 2.57. The Balaban J connectivity index is 1.96. The molecule has 1 aliphatic rings. The average molecular weight is 284 g/mol. The maximum absolute atomic E-state index is 12.1. The number of nitrogens with one attached hydrogen (secondary N) is 1. The summed E-state index contributed by atoms with van der Waals surface area (Å²) in [5.41, 5.74) is 6.95.